The monoisotopic (exact) mass is 298 g/mol. The van der Waals surface area contributed by atoms with E-state index < -0.39 is 11.9 Å². The molecule has 2 aromatic carbocycles. The standard InChI is InChI=1S/C19H22O3/c1-3-8-17(19(21)22-4-2)18(20)13-15-11-7-10-14-9-5-6-12-16(14)15/h5-7,9-12,17H,3-4,8,13H2,1-2H3. The molecule has 1 atom stereocenters. The zero-order chi connectivity index (χ0) is 15.9. The molecule has 0 heterocycles. The molecule has 22 heavy (non-hydrogen) atoms. The molecule has 0 saturated carbocycles. The lowest BCUT2D eigenvalue weighted by atomic mass is 9.92. The van der Waals surface area contributed by atoms with E-state index in [1.54, 1.807) is 6.92 Å². The van der Waals surface area contributed by atoms with Crippen LogP contribution in [-0.4, -0.2) is 18.4 Å². The van der Waals surface area contributed by atoms with Gasteiger partial charge < -0.3 is 4.74 Å². The summed E-state index contributed by atoms with van der Waals surface area (Å²) >= 11 is 0. The van der Waals surface area contributed by atoms with E-state index in [4.69, 9.17) is 4.74 Å². The third-order valence-corrected chi connectivity index (χ3v) is 3.78. The van der Waals surface area contributed by atoms with Crippen LogP contribution in [0, 0.1) is 5.92 Å². The first-order valence-electron chi connectivity index (χ1n) is 7.83. The summed E-state index contributed by atoms with van der Waals surface area (Å²) in [7, 11) is 0. The summed E-state index contributed by atoms with van der Waals surface area (Å²) in [6.45, 7) is 4.04. The molecule has 0 aromatic heterocycles. The molecule has 3 nitrogen and oxygen atoms in total. The Hall–Kier alpha value is -2.16. The van der Waals surface area contributed by atoms with Crippen LogP contribution in [0.1, 0.15) is 32.3 Å². The highest BCUT2D eigenvalue weighted by molar-refractivity contribution is 6.01. The zero-order valence-electron chi connectivity index (χ0n) is 13.2. The Kier molecular flexibility index (Phi) is 5.70. The smallest absolute Gasteiger partial charge is 0.316 e. The van der Waals surface area contributed by atoms with Gasteiger partial charge in [0.05, 0.1) is 6.61 Å². The summed E-state index contributed by atoms with van der Waals surface area (Å²) in [6.07, 6.45) is 1.60. The maximum Gasteiger partial charge on any atom is 0.316 e. The number of carbonyl (C=O) groups is 2. The second-order valence-electron chi connectivity index (χ2n) is 5.37. The normalized spacial score (nSPS) is 12.1. The number of ketones is 1. The predicted molar refractivity (Wildman–Crippen MR) is 87.7 cm³/mol. The fourth-order valence-corrected chi connectivity index (χ4v) is 2.70. The number of Topliss-reactive ketones (excluding diaryl/α,β-unsaturated/α-hetero) is 1. The van der Waals surface area contributed by atoms with Gasteiger partial charge in [-0.1, -0.05) is 55.8 Å². The molecule has 116 valence electrons. The van der Waals surface area contributed by atoms with Crippen molar-refractivity contribution in [2.75, 3.05) is 6.61 Å². The van der Waals surface area contributed by atoms with E-state index in [0.717, 1.165) is 22.8 Å². The van der Waals surface area contributed by atoms with Crippen LogP contribution >= 0.6 is 0 Å². The van der Waals surface area contributed by atoms with Crippen LogP contribution in [0.2, 0.25) is 0 Å². The Balaban J connectivity index is 2.23. The van der Waals surface area contributed by atoms with Gasteiger partial charge in [-0.3, -0.25) is 9.59 Å². The summed E-state index contributed by atoms with van der Waals surface area (Å²) in [6, 6.07) is 13.9. The second kappa shape index (κ2) is 7.74. The molecule has 0 amide bonds. The lowest BCUT2D eigenvalue weighted by Crippen LogP contribution is -2.27. The topological polar surface area (TPSA) is 43.4 Å². The van der Waals surface area contributed by atoms with E-state index in [0.29, 0.717) is 13.0 Å². The molecular formula is C19H22O3. The number of esters is 1. The van der Waals surface area contributed by atoms with Crippen molar-refractivity contribution in [3.63, 3.8) is 0 Å². The van der Waals surface area contributed by atoms with Crippen LogP contribution in [-0.2, 0) is 20.7 Å². The molecule has 2 aromatic rings. The van der Waals surface area contributed by atoms with E-state index in [1.165, 1.54) is 0 Å². The van der Waals surface area contributed by atoms with Crippen LogP contribution in [0.3, 0.4) is 0 Å². The summed E-state index contributed by atoms with van der Waals surface area (Å²) < 4.78 is 5.04. The highest BCUT2D eigenvalue weighted by Crippen LogP contribution is 2.21. The van der Waals surface area contributed by atoms with Gasteiger partial charge in [0, 0.05) is 6.42 Å². The van der Waals surface area contributed by atoms with Gasteiger partial charge in [0.15, 0.2) is 5.78 Å². The van der Waals surface area contributed by atoms with E-state index in [-0.39, 0.29) is 12.2 Å². The predicted octanol–water partition coefficient (Wildman–Crippen LogP) is 3.93. The van der Waals surface area contributed by atoms with Gasteiger partial charge in [0.2, 0.25) is 0 Å². The highest BCUT2D eigenvalue weighted by Gasteiger charge is 2.27. The molecule has 2 rings (SSSR count). The van der Waals surface area contributed by atoms with Crippen molar-refractivity contribution in [1.82, 2.24) is 0 Å². The molecule has 0 bridgehead atoms. The summed E-state index contributed by atoms with van der Waals surface area (Å²) in [5.74, 6) is -1.10. The quantitative estimate of drug-likeness (QED) is 0.574. The minimum absolute atomic E-state index is 0.0587. The van der Waals surface area contributed by atoms with Crippen molar-refractivity contribution in [2.45, 2.75) is 33.1 Å². The minimum atomic E-state index is -0.649. The van der Waals surface area contributed by atoms with Crippen molar-refractivity contribution in [3.05, 3.63) is 48.0 Å². The number of rotatable bonds is 7. The Labute approximate surface area is 131 Å². The van der Waals surface area contributed by atoms with E-state index in [1.807, 2.05) is 49.4 Å². The summed E-state index contributed by atoms with van der Waals surface area (Å²) in [4.78, 5) is 24.5. The third-order valence-electron chi connectivity index (χ3n) is 3.78. The Morgan fingerprint density at radius 1 is 1.05 bits per heavy atom. The number of benzene rings is 2. The maximum atomic E-state index is 12.6. The van der Waals surface area contributed by atoms with Gasteiger partial charge in [-0.2, -0.15) is 0 Å². The van der Waals surface area contributed by atoms with Crippen molar-refractivity contribution in [3.8, 4) is 0 Å². The average molecular weight is 298 g/mol. The molecule has 1 unspecified atom stereocenters. The van der Waals surface area contributed by atoms with Gasteiger partial charge in [-0.05, 0) is 29.7 Å². The highest BCUT2D eigenvalue weighted by atomic mass is 16.5. The van der Waals surface area contributed by atoms with E-state index >= 15 is 0 Å². The number of ether oxygens (including phenoxy) is 1. The molecule has 0 N–H and O–H groups in total. The number of carbonyl (C=O) groups excluding carboxylic acids is 2. The van der Waals surface area contributed by atoms with Gasteiger partial charge >= 0.3 is 5.97 Å². The Bertz CT molecular complexity index is 655. The van der Waals surface area contributed by atoms with Crippen molar-refractivity contribution in [1.29, 1.82) is 0 Å². The zero-order valence-corrected chi connectivity index (χ0v) is 13.2. The molecule has 0 radical (unpaired) electrons. The largest absolute Gasteiger partial charge is 0.465 e. The van der Waals surface area contributed by atoms with Gasteiger partial charge in [0.1, 0.15) is 5.92 Å². The van der Waals surface area contributed by atoms with Crippen molar-refractivity contribution in [2.24, 2.45) is 5.92 Å². The molecule has 0 aliphatic heterocycles. The molecule has 0 spiro atoms. The van der Waals surface area contributed by atoms with Crippen LogP contribution in [0.25, 0.3) is 10.8 Å². The summed E-state index contributed by atoms with van der Waals surface area (Å²) in [5.41, 5.74) is 0.966. The van der Waals surface area contributed by atoms with Gasteiger partial charge in [-0.15, -0.1) is 0 Å². The fraction of sp³-hybridized carbons (Fsp3) is 0.368. The second-order valence-corrected chi connectivity index (χ2v) is 5.37. The number of hydrogen-bond acceptors (Lipinski definition) is 3. The molecule has 0 aliphatic carbocycles. The van der Waals surface area contributed by atoms with E-state index in [9.17, 15) is 9.59 Å². The first kappa shape index (κ1) is 16.2. The fourth-order valence-electron chi connectivity index (χ4n) is 2.70. The number of hydrogen-bond donors (Lipinski definition) is 0. The first-order chi connectivity index (χ1) is 10.7. The third kappa shape index (κ3) is 3.73. The van der Waals surface area contributed by atoms with Crippen LogP contribution in [0.4, 0.5) is 0 Å². The van der Waals surface area contributed by atoms with Gasteiger partial charge in [0.25, 0.3) is 0 Å². The van der Waals surface area contributed by atoms with Crippen molar-refractivity contribution >= 4 is 22.5 Å². The molecule has 0 fully saturated rings. The lowest BCUT2D eigenvalue weighted by molar-refractivity contribution is -0.151. The average Bonchev–Trinajstić information content (AvgIpc) is 2.53. The Morgan fingerprint density at radius 3 is 2.50 bits per heavy atom. The first-order valence-corrected chi connectivity index (χ1v) is 7.83. The lowest BCUT2D eigenvalue weighted by Gasteiger charge is -2.14. The molecule has 3 heteroatoms. The Morgan fingerprint density at radius 2 is 1.77 bits per heavy atom. The molecular weight excluding hydrogens is 276 g/mol. The van der Waals surface area contributed by atoms with Crippen LogP contribution < -0.4 is 0 Å². The van der Waals surface area contributed by atoms with Crippen molar-refractivity contribution < 1.29 is 14.3 Å². The van der Waals surface area contributed by atoms with E-state index in [2.05, 4.69) is 0 Å². The number of fused-ring (bicyclic) bond motifs is 1. The van der Waals surface area contributed by atoms with Gasteiger partial charge in [-0.25, -0.2) is 0 Å². The SMILES string of the molecule is CCCC(C(=O)Cc1cccc2ccccc12)C(=O)OCC. The maximum absolute atomic E-state index is 12.6. The minimum Gasteiger partial charge on any atom is -0.465 e. The summed E-state index contributed by atoms with van der Waals surface area (Å²) in [5, 5.41) is 2.17. The van der Waals surface area contributed by atoms with Crippen LogP contribution in [0.5, 0.6) is 0 Å². The molecule has 0 saturated heterocycles. The molecule has 0 aliphatic rings. The van der Waals surface area contributed by atoms with Crippen LogP contribution in [0.15, 0.2) is 42.5 Å².